The lowest BCUT2D eigenvalue weighted by atomic mass is 10.1. The molecule has 0 fully saturated rings. The minimum absolute atomic E-state index is 0.279. The second-order valence-corrected chi connectivity index (χ2v) is 5.90. The molecule has 0 spiro atoms. The average molecular weight is 296 g/mol. The van der Waals surface area contributed by atoms with E-state index in [2.05, 4.69) is 25.7 Å². The van der Waals surface area contributed by atoms with Gasteiger partial charge in [-0.1, -0.05) is 59.3 Å². The molecule has 0 unspecified atom stereocenters. The van der Waals surface area contributed by atoms with Gasteiger partial charge >= 0.3 is 0 Å². The molecule has 0 heterocycles. The molecular formula is C18H36N2O. The molecule has 0 radical (unpaired) electrons. The van der Waals surface area contributed by atoms with Crippen molar-refractivity contribution in [1.29, 1.82) is 0 Å². The van der Waals surface area contributed by atoms with E-state index in [0.29, 0.717) is 0 Å². The van der Waals surface area contributed by atoms with E-state index in [-0.39, 0.29) is 5.91 Å². The molecule has 2 N–H and O–H groups in total. The number of allylic oxidation sites excluding steroid dienone is 1. The maximum Gasteiger partial charge on any atom is 0.246 e. The minimum Gasteiger partial charge on any atom is -0.374 e. The highest BCUT2D eigenvalue weighted by Crippen LogP contribution is 2.17. The summed E-state index contributed by atoms with van der Waals surface area (Å²) in [5.74, 6) is -0.279. The highest BCUT2D eigenvalue weighted by Gasteiger charge is 2.13. The first-order chi connectivity index (χ1) is 10.1. The van der Waals surface area contributed by atoms with Crippen LogP contribution in [0.15, 0.2) is 11.3 Å². The molecule has 0 aliphatic rings. The summed E-state index contributed by atoms with van der Waals surface area (Å²) in [5, 5.41) is 0. The Morgan fingerprint density at radius 3 is 1.67 bits per heavy atom. The summed E-state index contributed by atoms with van der Waals surface area (Å²) in [7, 11) is 0. The van der Waals surface area contributed by atoms with Crippen molar-refractivity contribution in [3.8, 4) is 0 Å². The van der Waals surface area contributed by atoms with Crippen molar-refractivity contribution in [3.63, 3.8) is 0 Å². The molecule has 0 aromatic heterocycles. The first-order valence-corrected chi connectivity index (χ1v) is 8.82. The number of hydrogen-bond donors (Lipinski definition) is 1. The highest BCUT2D eigenvalue weighted by molar-refractivity contribution is 5.91. The van der Waals surface area contributed by atoms with Crippen LogP contribution < -0.4 is 5.73 Å². The summed E-state index contributed by atoms with van der Waals surface area (Å²) in [6.45, 7) is 10.6. The Labute approximate surface area is 132 Å². The second-order valence-electron chi connectivity index (χ2n) is 5.90. The summed E-state index contributed by atoms with van der Waals surface area (Å²) in [5.41, 5.74) is 7.37. The zero-order chi connectivity index (χ0) is 16.1. The monoisotopic (exact) mass is 296 g/mol. The number of carbonyl (C=O) groups excluding carboxylic acids is 1. The predicted molar refractivity (Wildman–Crippen MR) is 92.0 cm³/mol. The molecule has 3 nitrogen and oxygen atoms in total. The largest absolute Gasteiger partial charge is 0.374 e. The molecule has 0 aromatic rings. The Kier molecular flexibility index (Phi) is 12.1. The molecule has 0 saturated carbocycles. The van der Waals surface area contributed by atoms with Crippen LogP contribution in [0.4, 0.5) is 0 Å². The Morgan fingerprint density at radius 1 is 0.857 bits per heavy atom. The van der Waals surface area contributed by atoms with E-state index >= 15 is 0 Å². The predicted octanol–water partition coefficient (Wildman–Crippen LogP) is 4.62. The van der Waals surface area contributed by atoms with Crippen LogP contribution in [0.3, 0.4) is 0 Å². The fraction of sp³-hybridized carbons (Fsp3) is 0.833. The third-order valence-corrected chi connectivity index (χ3v) is 4.08. The van der Waals surface area contributed by atoms with E-state index in [1.54, 1.807) is 0 Å². The van der Waals surface area contributed by atoms with Crippen molar-refractivity contribution in [2.75, 3.05) is 13.1 Å². The van der Waals surface area contributed by atoms with Crippen molar-refractivity contribution in [3.05, 3.63) is 11.3 Å². The smallest absolute Gasteiger partial charge is 0.246 e. The summed E-state index contributed by atoms with van der Waals surface area (Å²) >= 11 is 0. The number of rotatable bonds is 13. The Morgan fingerprint density at radius 2 is 1.33 bits per heavy atom. The fourth-order valence-corrected chi connectivity index (χ4v) is 2.71. The van der Waals surface area contributed by atoms with Crippen molar-refractivity contribution < 1.29 is 4.79 Å². The zero-order valence-corrected chi connectivity index (χ0v) is 14.7. The molecular weight excluding hydrogens is 260 g/mol. The average Bonchev–Trinajstić information content (AvgIpc) is 2.47. The third kappa shape index (κ3) is 8.79. The third-order valence-electron chi connectivity index (χ3n) is 4.08. The number of carbonyl (C=O) groups is 1. The molecule has 1 amide bonds. The molecule has 124 valence electrons. The van der Waals surface area contributed by atoms with E-state index in [0.717, 1.165) is 30.8 Å². The molecule has 0 rings (SSSR count). The lowest BCUT2D eigenvalue weighted by molar-refractivity contribution is -0.114. The number of primary amides is 1. The quantitative estimate of drug-likeness (QED) is 0.398. The Bertz CT molecular complexity index is 298. The maximum atomic E-state index is 11.5. The minimum atomic E-state index is -0.279. The van der Waals surface area contributed by atoms with Gasteiger partial charge in [0.05, 0.1) is 0 Å². The van der Waals surface area contributed by atoms with E-state index in [1.165, 1.54) is 51.4 Å². The van der Waals surface area contributed by atoms with Gasteiger partial charge < -0.3 is 10.6 Å². The van der Waals surface area contributed by atoms with Gasteiger partial charge in [-0.05, 0) is 26.2 Å². The van der Waals surface area contributed by atoms with Crippen LogP contribution >= 0.6 is 0 Å². The zero-order valence-electron chi connectivity index (χ0n) is 14.7. The van der Waals surface area contributed by atoms with Gasteiger partial charge in [-0.15, -0.1) is 0 Å². The number of nitrogens with zero attached hydrogens (tertiary/aromatic N) is 1. The molecule has 0 aliphatic heterocycles. The first kappa shape index (κ1) is 20.0. The molecule has 0 saturated heterocycles. The van der Waals surface area contributed by atoms with Crippen LogP contribution in [0.2, 0.25) is 0 Å². The summed E-state index contributed by atoms with van der Waals surface area (Å²) in [4.78, 5) is 13.9. The summed E-state index contributed by atoms with van der Waals surface area (Å²) in [6, 6.07) is 0. The summed E-state index contributed by atoms with van der Waals surface area (Å²) in [6.07, 6.45) is 10.9. The van der Waals surface area contributed by atoms with Gasteiger partial charge in [-0.3, -0.25) is 4.79 Å². The van der Waals surface area contributed by atoms with Gasteiger partial charge in [0.15, 0.2) is 0 Å². The van der Waals surface area contributed by atoms with Crippen LogP contribution in [0.5, 0.6) is 0 Å². The van der Waals surface area contributed by atoms with Gasteiger partial charge in [0.1, 0.15) is 0 Å². The van der Waals surface area contributed by atoms with Gasteiger partial charge in [0.2, 0.25) is 5.91 Å². The van der Waals surface area contributed by atoms with Crippen LogP contribution in [0.25, 0.3) is 0 Å². The molecule has 0 aromatic carbocycles. The van der Waals surface area contributed by atoms with Crippen molar-refractivity contribution in [2.45, 2.75) is 85.5 Å². The van der Waals surface area contributed by atoms with Crippen LogP contribution in [0, 0.1) is 0 Å². The molecule has 0 bridgehead atoms. The summed E-state index contributed by atoms with van der Waals surface area (Å²) < 4.78 is 0. The Hall–Kier alpha value is -0.990. The first-order valence-electron chi connectivity index (χ1n) is 8.82. The Balaban J connectivity index is 4.66. The molecule has 3 heteroatoms. The van der Waals surface area contributed by atoms with Gasteiger partial charge in [-0.25, -0.2) is 0 Å². The lowest BCUT2D eigenvalue weighted by Gasteiger charge is -2.28. The molecule has 0 aliphatic carbocycles. The van der Waals surface area contributed by atoms with E-state index < -0.39 is 0 Å². The van der Waals surface area contributed by atoms with Crippen molar-refractivity contribution in [2.24, 2.45) is 5.73 Å². The normalized spacial score (nSPS) is 12.2. The van der Waals surface area contributed by atoms with Gasteiger partial charge in [-0.2, -0.15) is 0 Å². The van der Waals surface area contributed by atoms with Crippen LogP contribution in [-0.2, 0) is 4.79 Å². The van der Waals surface area contributed by atoms with E-state index in [1.807, 2.05) is 6.92 Å². The number of unbranched alkanes of at least 4 members (excludes halogenated alkanes) is 6. The van der Waals surface area contributed by atoms with Gasteiger partial charge in [0, 0.05) is 24.4 Å². The number of amides is 1. The standard InChI is InChI=1S/C18H36N2O/c1-5-8-10-12-14-20(15-13-11-9-6-2)17(7-3)16(4)18(19)21/h5-15H2,1-4H3,(H2,19,21)/b17-16+. The van der Waals surface area contributed by atoms with Crippen molar-refractivity contribution >= 4 is 5.91 Å². The van der Waals surface area contributed by atoms with Gasteiger partial charge in [0.25, 0.3) is 0 Å². The van der Waals surface area contributed by atoms with E-state index in [4.69, 9.17) is 5.73 Å². The fourth-order valence-electron chi connectivity index (χ4n) is 2.71. The highest BCUT2D eigenvalue weighted by atomic mass is 16.1. The number of nitrogens with two attached hydrogens (primary N) is 1. The molecule has 0 atom stereocenters. The van der Waals surface area contributed by atoms with E-state index in [9.17, 15) is 4.79 Å². The molecule has 21 heavy (non-hydrogen) atoms. The maximum absolute atomic E-state index is 11.5. The number of hydrogen-bond acceptors (Lipinski definition) is 2. The van der Waals surface area contributed by atoms with Crippen LogP contribution in [0.1, 0.15) is 85.5 Å². The SMILES string of the molecule is CCCCCCN(CCCCCC)/C(CC)=C(\C)C(N)=O. The lowest BCUT2D eigenvalue weighted by Crippen LogP contribution is -2.29. The second kappa shape index (κ2) is 12.7. The van der Waals surface area contributed by atoms with Crippen LogP contribution in [-0.4, -0.2) is 23.9 Å². The topological polar surface area (TPSA) is 46.3 Å². The van der Waals surface area contributed by atoms with Crippen molar-refractivity contribution in [1.82, 2.24) is 4.90 Å².